The lowest BCUT2D eigenvalue weighted by Crippen LogP contribution is -2.36. The Morgan fingerprint density at radius 2 is 2.43 bits per heavy atom. The van der Waals surface area contributed by atoms with Crippen molar-refractivity contribution >= 4 is 22.4 Å². The molecule has 1 aromatic heterocycles. The molecule has 6 heteroatoms. The van der Waals surface area contributed by atoms with Crippen LogP contribution in [0.3, 0.4) is 0 Å². The van der Waals surface area contributed by atoms with Gasteiger partial charge in [-0.1, -0.05) is 0 Å². The maximum Gasteiger partial charge on any atom is 0.243 e. The van der Waals surface area contributed by atoms with Crippen LogP contribution in [0.4, 0.5) is 5.13 Å². The summed E-state index contributed by atoms with van der Waals surface area (Å²) in [5, 5.41) is 0.534. The zero-order valence-corrected chi connectivity index (χ0v) is 8.43. The largest absolute Gasteiger partial charge is 0.375 e. The molecule has 0 aliphatic heterocycles. The van der Waals surface area contributed by atoms with E-state index in [2.05, 4.69) is 10.4 Å². The fourth-order valence-corrected chi connectivity index (χ4v) is 2.73. The van der Waals surface area contributed by atoms with Crippen molar-refractivity contribution in [2.24, 2.45) is 5.84 Å². The zero-order valence-electron chi connectivity index (χ0n) is 7.62. The molecule has 5 nitrogen and oxygen atoms in total. The molecule has 0 aromatic carbocycles. The standard InChI is InChI=1S/C8H12N4OS/c9-8-11-6-4(7(13)12-10)2-1-3-5(6)14-8/h4H,1-3,10H2,(H2,9,11)(H,12,13). The Morgan fingerprint density at radius 1 is 1.64 bits per heavy atom. The highest BCUT2D eigenvalue weighted by atomic mass is 32.1. The molecule has 1 aliphatic rings. The third kappa shape index (κ3) is 1.46. The first-order valence-electron chi connectivity index (χ1n) is 4.48. The normalized spacial score (nSPS) is 20.2. The van der Waals surface area contributed by atoms with Gasteiger partial charge in [0.05, 0.1) is 11.6 Å². The zero-order chi connectivity index (χ0) is 10.1. The van der Waals surface area contributed by atoms with E-state index in [1.54, 1.807) is 0 Å². The van der Waals surface area contributed by atoms with E-state index >= 15 is 0 Å². The van der Waals surface area contributed by atoms with Crippen LogP contribution in [0.1, 0.15) is 29.3 Å². The lowest BCUT2D eigenvalue weighted by Gasteiger charge is -2.18. The number of amides is 1. The second-order valence-electron chi connectivity index (χ2n) is 3.31. The Hall–Kier alpha value is -1.14. The SMILES string of the molecule is NNC(=O)C1CCCc2sc(N)nc21. The number of anilines is 1. The number of hydrogen-bond donors (Lipinski definition) is 3. The van der Waals surface area contributed by atoms with Gasteiger partial charge in [0.15, 0.2) is 5.13 Å². The summed E-state index contributed by atoms with van der Waals surface area (Å²) in [5.41, 5.74) is 8.60. The van der Waals surface area contributed by atoms with E-state index in [-0.39, 0.29) is 11.8 Å². The fraction of sp³-hybridized carbons (Fsp3) is 0.500. The number of aromatic nitrogens is 1. The highest BCUT2D eigenvalue weighted by molar-refractivity contribution is 7.15. The monoisotopic (exact) mass is 212 g/mol. The van der Waals surface area contributed by atoms with Crippen molar-refractivity contribution in [2.45, 2.75) is 25.2 Å². The maximum atomic E-state index is 11.4. The number of carbonyl (C=O) groups is 1. The van der Waals surface area contributed by atoms with Gasteiger partial charge >= 0.3 is 0 Å². The topological polar surface area (TPSA) is 94.0 Å². The van der Waals surface area contributed by atoms with E-state index in [0.29, 0.717) is 5.13 Å². The van der Waals surface area contributed by atoms with Crippen LogP contribution in [-0.2, 0) is 11.2 Å². The molecule has 0 bridgehead atoms. The number of thiazole rings is 1. The van der Waals surface area contributed by atoms with Crippen LogP contribution in [0.2, 0.25) is 0 Å². The van der Waals surface area contributed by atoms with E-state index < -0.39 is 0 Å². The van der Waals surface area contributed by atoms with E-state index in [9.17, 15) is 4.79 Å². The van der Waals surface area contributed by atoms with Crippen LogP contribution < -0.4 is 17.0 Å². The number of fused-ring (bicyclic) bond motifs is 1. The first kappa shape index (κ1) is 9.42. The molecule has 0 saturated heterocycles. The number of nitrogens with zero attached hydrogens (tertiary/aromatic N) is 1. The van der Waals surface area contributed by atoms with Crippen LogP contribution in [0.25, 0.3) is 0 Å². The molecule has 0 saturated carbocycles. The number of nitrogens with one attached hydrogen (secondary N) is 1. The van der Waals surface area contributed by atoms with Crippen molar-refractivity contribution < 1.29 is 4.79 Å². The number of nitrogen functional groups attached to an aromatic ring is 1. The summed E-state index contributed by atoms with van der Waals surface area (Å²) in [7, 11) is 0. The summed E-state index contributed by atoms with van der Waals surface area (Å²) in [6, 6.07) is 0. The van der Waals surface area contributed by atoms with Crippen LogP contribution in [0.15, 0.2) is 0 Å². The van der Waals surface area contributed by atoms with Gasteiger partial charge in [0.1, 0.15) is 0 Å². The van der Waals surface area contributed by atoms with Crippen molar-refractivity contribution in [3.05, 3.63) is 10.6 Å². The van der Waals surface area contributed by atoms with E-state index in [1.165, 1.54) is 11.3 Å². The number of aryl methyl sites for hydroxylation is 1. The predicted molar refractivity (Wildman–Crippen MR) is 54.5 cm³/mol. The molecule has 1 amide bonds. The average molecular weight is 212 g/mol. The number of rotatable bonds is 1. The summed E-state index contributed by atoms with van der Waals surface area (Å²) in [6.45, 7) is 0. The van der Waals surface area contributed by atoms with Gasteiger partial charge in [-0.15, -0.1) is 11.3 Å². The van der Waals surface area contributed by atoms with Gasteiger partial charge < -0.3 is 5.73 Å². The summed E-state index contributed by atoms with van der Waals surface area (Å²) < 4.78 is 0. The maximum absolute atomic E-state index is 11.4. The van der Waals surface area contributed by atoms with Crippen molar-refractivity contribution in [1.82, 2.24) is 10.4 Å². The minimum Gasteiger partial charge on any atom is -0.375 e. The summed E-state index contributed by atoms with van der Waals surface area (Å²) in [4.78, 5) is 16.7. The predicted octanol–water partition coefficient (Wildman–Crippen LogP) is 0.135. The summed E-state index contributed by atoms with van der Waals surface area (Å²) >= 11 is 1.47. The molecule has 1 aromatic rings. The minimum absolute atomic E-state index is 0.170. The van der Waals surface area contributed by atoms with Crippen LogP contribution in [0.5, 0.6) is 0 Å². The number of nitrogens with two attached hydrogens (primary N) is 2. The third-order valence-corrected chi connectivity index (χ3v) is 3.39. The van der Waals surface area contributed by atoms with Crippen LogP contribution in [-0.4, -0.2) is 10.9 Å². The number of hydrogen-bond acceptors (Lipinski definition) is 5. The molecule has 1 unspecified atom stereocenters. The first-order valence-corrected chi connectivity index (χ1v) is 5.29. The summed E-state index contributed by atoms with van der Waals surface area (Å²) in [6.07, 6.45) is 2.77. The van der Waals surface area contributed by atoms with Crippen LogP contribution in [0, 0.1) is 0 Å². The molecule has 0 spiro atoms. The minimum atomic E-state index is -0.211. The van der Waals surface area contributed by atoms with Gasteiger partial charge in [0.25, 0.3) is 0 Å². The second-order valence-corrected chi connectivity index (χ2v) is 4.43. The molecule has 5 N–H and O–H groups in total. The molecule has 0 radical (unpaired) electrons. The van der Waals surface area contributed by atoms with Gasteiger partial charge in [0, 0.05) is 4.88 Å². The van der Waals surface area contributed by atoms with Gasteiger partial charge in [-0.25, -0.2) is 10.8 Å². The van der Waals surface area contributed by atoms with E-state index in [0.717, 1.165) is 29.8 Å². The van der Waals surface area contributed by atoms with Gasteiger partial charge in [-0.2, -0.15) is 0 Å². The van der Waals surface area contributed by atoms with Gasteiger partial charge in [-0.05, 0) is 19.3 Å². The van der Waals surface area contributed by atoms with Crippen molar-refractivity contribution in [2.75, 3.05) is 5.73 Å². The quantitative estimate of drug-likeness (QED) is 0.350. The highest BCUT2D eigenvalue weighted by Gasteiger charge is 2.29. The van der Waals surface area contributed by atoms with Crippen LogP contribution >= 0.6 is 11.3 Å². The van der Waals surface area contributed by atoms with E-state index in [4.69, 9.17) is 11.6 Å². The third-order valence-electron chi connectivity index (χ3n) is 2.43. The van der Waals surface area contributed by atoms with Gasteiger partial charge in [-0.3, -0.25) is 10.2 Å². The Labute approximate surface area is 85.5 Å². The molecule has 1 atom stereocenters. The van der Waals surface area contributed by atoms with Crippen molar-refractivity contribution in [1.29, 1.82) is 0 Å². The molecule has 2 rings (SSSR count). The Balaban J connectivity index is 2.34. The second kappa shape index (κ2) is 3.55. The number of carbonyl (C=O) groups excluding carboxylic acids is 1. The van der Waals surface area contributed by atoms with Crippen molar-refractivity contribution in [3.63, 3.8) is 0 Å². The highest BCUT2D eigenvalue weighted by Crippen LogP contribution is 2.35. The molecule has 1 aliphatic carbocycles. The average Bonchev–Trinajstić information content (AvgIpc) is 2.56. The lowest BCUT2D eigenvalue weighted by molar-refractivity contribution is -0.123. The molecule has 76 valence electrons. The fourth-order valence-electron chi connectivity index (χ4n) is 1.79. The smallest absolute Gasteiger partial charge is 0.243 e. The molecule has 0 fully saturated rings. The van der Waals surface area contributed by atoms with Crippen molar-refractivity contribution in [3.8, 4) is 0 Å². The Kier molecular flexibility index (Phi) is 2.39. The molecule has 14 heavy (non-hydrogen) atoms. The Bertz CT molecular complexity index is 362. The van der Waals surface area contributed by atoms with Gasteiger partial charge in [0.2, 0.25) is 5.91 Å². The lowest BCUT2D eigenvalue weighted by atomic mass is 9.90. The Morgan fingerprint density at radius 3 is 3.14 bits per heavy atom. The van der Waals surface area contributed by atoms with E-state index in [1.807, 2.05) is 0 Å². The first-order chi connectivity index (χ1) is 6.72. The molecular weight excluding hydrogens is 200 g/mol. The summed E-state index contributed by atoms with van der Waals surface area (Å²) in [5.74, 6) is 4.73. The number of hydrazine groups is 1. The molecule has 1 heterocycles. The molecular formula is C8H12N4OS.